The van der Waals surface area contributed by atoms with E-state index in [9.17, 15) is 26.7 Å². The molecule has 0 radical (unpaired) electrons. The monoisotopic (exact) mass is 363 g/mol. The van der Waals surface area contributed by atoms with E-state index in [1.807, 2.05) is 6.92 Å². The van der Waals surface area contributed by atoms with Gasteiger partial charge in [0.2, 0.25) is 0 Å². The van der Waals surface area contributed by atoms with Crippen molar-refractivity contribution in [1.82, 2.24) is 0 Å². The van der Waals surface area contributed by atoms with Crippen LogP contribution < -0.4 is 5.32 Å². The minimum atomic E-state index is -3.74. The Hall–Kier alpha value is -1.61. The number of rotatable bonds is 7. The van der Waals surface area contributed by atoms with Crippen molar-refractivity contribution in [2.24, 2.45) is 5.92 Å². The zero-order valence-electron chi connectivity index (χ0n) is 13.4. The zero-order valence-corrected chi connectivity index (χ0v) is 15.0. The van der Waals surface area contributed by atoms with Crippen LogP contribution in [0.3, 0.4) is 0 Å². The van der Waals surface area contributed by atoms with Crippen molar-refractivity contribution in [3.05, 3.63) is 18.2 Å². The summed E-state index contributed by atoms with van der Waals surface area (Å²) in [7, 11) is -7.32. The lowest BCUT2D eigenvalue weighted by Gasteiger charge is -2.22. The normalized spacial score (nSPS) is 15.0. The molecule has 0 unspecified atom stereocenters. The summed E-state index contributed by atoms with van der Waals surface area (Å²) in [6.45, 7) is 3.56. The molecule has 23 heavy (non-hydrogen) atoms. The predicted octanol–water partition coefficient (Wildman–Crippen LogP) is 1.40. The summed E-state index contributed by atoms with van der Waals surface area (Å²) in [5.74, 6) is -1.35. The van der Waals surface area contributed by atoms with E-state index in [-0.39, 0.29) is 21.4 Å². The van der Waals surface area contributed by atoms with Crippen LogP contribution in [-0.4, -0.2) is 46.5 Å². The van der Waals surface area contributed by atoms with Gasteiger partial charge in [-0.3, -0.25) is 0 Å². The maximum atomic E-state index is 11.9. The second kappa shape index (κ2) is 6.88. The number of sulfone groups is 2. The Balaban J connectivity index is 3.44. The molecule has 0 amide bonds. The van der Waals surface area contributed by atoms with Crippen molar-refractivity contribution in [3.63, 3.8) is 0 Å². The van der Waals surface area contributed by atoms with Crippen LogP contribution in [0.5, 0.6) is 0 Å². The molecular formula is C14H21NO6S2. The Kier molecular flexibility index (Phi) is 5.81. The minimum absolute atomic E-state index is 0.0765. The second-order valence-corrected chi connectivity index (χ2v) is 9.55. The Bertz CT molecular complexity index is 799. The van der Waals surface area contributed by atoms with E-state index in [1.54, 1.807) is 6.92 Å². The number of benzene rings is 1. The molecule has 0 fully saturated rings. The molecule has 1 aromatic rings. The number of aliphatic carboxylic acids is 1. The number of anilines is 1. The molecule has 7 nitrogen and oxygen atoms in total. The summed E-state index contributed by atoms with van der Waals surface area (Å²) in [6, 6.07) is 2.60. The topological polar surface area (TPSA) is 118 Å². The predicted molar refractivity (Wildman–Crippen MR) is 87.2 cm³/mol. The number of hydrogen-bond donors (Lipinski definition) is 2. The molecule has 130 valence electrons. The van der Waals surface area contributed by atoms with E-state index in [0.29, 0.717) is 6.42 Å². The number of carboxylic acid groups (broad SMARTS) is 1. The molecule has 0 aliphatic heterocycles. The Morgan fingerprint density at radius 2 is 1.74 bits per heavy atom. The summed E-state index contributed by atoms with van der Waals surface area (Å²) in [5, 5.41) is 12.0. The van der Waals surface area contributed by atoms with Gasteiger partial charge in [0.05, 0.1) is 15.5 Å². The molecule has 0 saturated heterocycles. The summed E-state index contributed by atoms with van der Waals surface area (Å²) in [5.41, 5.74) is 0.0765. The molecule has 2 atom stereocenters. The van der Waals surface area contributed by atoms with Crippen LogP contribution in [0.1, 0.15) is 20.3 Å². The highest BCUT2D eigenvalue weighted by Crippen LogP contribution is 2.27. The van der Waals surface area contributed by atoms with Crippen LogP contribution in [0, 0.1) is 5.92 Å². The van der Waals surface area contributed by atoms with Crippen molar-refractivity contribution in [2.45, 2.75) is 36.1 Å². The number of carboxylic acids is 1. The molecule has 0 heterocycles. The highest BCUT2D eigenvalue weighted by Gasteiger charge is 2.26. The lowest BCUT2D eigenvalue weighted by atomic mass is 9.99. The van der Waals surface area contributed by atoms with Crippen LogP contribution in [0.4, 0.5) is 5.69 Å². The molecule has 0 aliphatic carbocycles. The van der Waals surface area contributed by atoms with Crippen molar-refractivity contribution < 1.29 is 26.7 Å². The summed E-state index contributed by atoms with van der Waals surface area (Å²) < 4.78 is 47.1. The van der Waals surface area contributed by atoms with E-state index < -0.39 is 31.7 Å². The molecule has 0 spiro atoms. The maximum Gasteiger partial charge on any atom is 0.326 e. The van der Waals surface area contributed by atoms with Crippen molar-refractivity contribution >= 4 is 31.3 Å². The first-order valence-electron chi connectivity index (χ1n) is 6.91. The standard InChI is InChI=1S/C14H21NO6S2/c1-5-9(2)13(14(16)17)15-11-7-6-10(22(3,18)19)8-12(11)23(4,20)21/h6-9,13,15H,5H2,1-4H3,(H,16,17)/t9-,13-/m0/s1. The van der Waals surface area contributed by atoms with Crippen LogP contribution in [-0.2, 0) is 24.5 Å². The van der Waals surface area contributed by atoms with Gasteiger partial charge < -0.3 is 10.4 Å². The fourth-order valence-electron chi connectivity index (χ4n) is 2.01. The van der Waals surface area contributed by atoms with Gasteiger partial charge in [-0.2, -0.15) is 0 Å². The quantitative estimate of drug-likeness (QED) is 0.752. The van der Waals surface area contributed by atoms with Gasteiger partial charge in [0, 0.05) is 12.5 Å². The van der Waals surface area contributed by atoms with Gasteiger partial charge in [0.25, 0.3) is 0 Å². The Morgan fingerprint density at radius 1 is 1.17 bits per heavy atom. The molecule has 0 aromatic heterocycles. The smallest absolute Gasteiger partial charge is 0.326 e. The largest absolute Gasteiger partial charge is 0.480 e. The average Bonchev–Trinajstić information content (AvgIpc) is 2.41. The van der Waals surface area contributed by atoms with Gasteiger partial charge in [0.15, 0.2) is 19.7 Å². The van der Waals surface area contributed by atoms with Crippen LogP contribution in [0.15, 0.2) is 28.0 Å². The Morgan fingerprint density at radius 3 is 2.13 bits per heavy atom. The maximum absolute atomic E-state index is 11.9. The highest BCUT2D eigenvalue weighted by molar-refractivity contribution is 7.91. The lowest BCUT2D eigenvalue weighted by Crippen LogP contribution is -2.35. The molecule has 0 aliphatic rings. The minimum Gasteiger partial charge on any atom is -0.480 e. The van der Waals surface area contributed by atoms with Gasteiger partial charge in [-0.05, 0) is 24.1 Å². The first-order chi connectivity index (χ1) is 10.4. The first-order valence-corrected chi connectivity index (χ1v) is 10.7. The molecule has 1 aromatic carbocycles. The van der Waals surface area contributed by atoms with Crippen LogP contribution in [0.2, 0.25) is 0 Å². The lowest BCUT2D eigenvalue weighted by molar-refractivity contribution is -0.139. The van der Waals surface area contributed by atoms with Gasteiger partial charge in [0.1, 0.15) is 6.04 Å². The highest BCUT2D eigenvalue weighted by atomic mass is 32.2. The first kappa shape index (κ1) is 19.4. The van der Waals surface area contributed by atoms with E-state index >= 15 is 0 Å². The number of nitrogens with one attached hydrogen (secondary N) is 1. The fourth-order valence-corrected chi connectivity index (χ4v) is 3.60. The summed E-state index contributed by atoms with van der Waals surface area (Å²) >= 11 is 0. The molecule has 2 N–H and O–H groups in total. The van der Waals surface area contributed by atoms with E-state index in [0.717, 1.165) is 18.6 Å². The van der Waals surface area contributed by atoms with E-state index in [2.05, 4.69) is 5.32 Å². The van der Waals surface area contributed by atoms with Gasteiger partial charge in [-0.15, -0.1) is 0 Å². The Labute approximate surface area is 136 Å². The zero-order chi connectivity index (χ0) is 18.0. The van der Waals surface area contributed by atoms with Crippen LogP contribution >= 0.6 is 0 Å². The summed E-state index contributed by atoms with van der Waals surface area (Å²) in [6.07, 6.45) is 2.50. The molecule has 1 rings (SSSR count). The van der Waals surface area contributed by atoms with Gasteiger partial charge in [-0.25, -0.2) is 21.6 Å². The molecule has 9 heteroatoms. The molecule has 0 saturated carbocycles. The fraction of sp³-hybridized carbons (Fsp3) is 0.500. The number of hydrogen-bond acceptors (Lipinski definition) is 6. The molecular weight excluding hydrogens is 342 g/mol. The van der Waals surface area contributed by atoms with E-state index in [4.69, 9.17) is 0 Å². The van der Waals surface area contributed by atoms with Gasteiger partial charge >= 0.3 is 5.97 Å². The van der Waals surface area contributed by atoms with Crippen molar-refractivity contribution in [2.75, 3.05) is 17.8 Å². The third-order valence-electron chi connectivity index (χ3n) is 3.57. The second-order valence-electron chi connectivity index (χ2n) is 5.55. The van der Waals surface area contributed by atoms with Crippen LogP contribution in [0.25, 0.3) is 0 Å². The van der Waals surface area contributed by atoms with Crippen molar-refractivity contribution in [3.8, 4) is 0 Å². The van der Waals surface area contributed by atoms with E-state index in [1.165, 1.54) is 12.1 Å². The average molecular weight is 363 g/mol. The summed E-state index contributed by atoms with van der Waals surface area (Å²) in [4.78, 5) is 11.0. The SMILES string of the molecule is CC[C@H](C)[C@H](Nc1ccc(S(C)(=O)=O)cc1S(C)(=O)=O)C(=O)O. The molecule has 0 bridgehead atoms. The van der Waals surface area contributed by atoms with Crippen molar-refractivity contribution in [1.29, 1.82) is 0 Å². The van der Waals surface area contributed by atoms with Gasteiger partial charge in [-0.1, -0.05) is 20.3 Å². The third-order valence-corrected chi connectivity index (χ3v) is 5.82. The third kappa shape index (κ3) is 4.93. The number of carbonyl (C=O) groups is 1.